The van der Waals surface area contributed by atoms with Crippen LogP contribution in [0.2, 0.25) is 0 Å². The van der Waals surface area contributed by atoms with Crippen molar-refractivity contribution in [3.8, 4) is 0 Å². The molecule has 0 saturated carbocycles. The van der Waals surface area contributed by atoms with Crippen LogP contribution in [0.15, 0.2) is 48.5 Å². The fourth-order valence-corrected chi connectivity index (χ4v) is 5.29. The highest BCUT2D eigenvalue weighted by Crippen LogP contribution is 2.54. The first-order chi connectivity index (χ1) is 13.1. The van der Waals surface area contributed by atoms with Crippen LogP contribution in [0.1, 0.15) is 21.5 Å². The van der Waals surface area contributed by atoms with Crippen molar-refractivity contribution in [2.75, 3.05) is 37.5 Å². The molecule has 5 nitrogen and oxygen atoms in total. The highest BCUT2D eigenvalue weighted by molar-refractivity contribution is 8.01. The van der Waals surface area contributed by atoms with Gasteiger partial charge in [0.15, 0.2) is 4.87 Å². The first kappa shape index (κ1) is 18.1. The molecule has 140 valence electrons. The van der Waals surface area contributed by atoms with Gasteiger partial charge in [0.25, 0.3) is 11.8 Å². The standard InChI is InChI=1S/C21H22N2O3S/c1-15-7-9-16(10-8-15)19(24)23-12-14-27-21(23)17-5-3-4-6-18(17)22(20(21)25)11-13-26-2/h3-10H,11-14H2,1-2H3/t21-/m0/s1. The third-order valence-electron chi connectivity index (χ3n) is 5.16. The number of thioether (sulfide) groups is 1. The van der Waals surface area contributed by atoms with E-state index in [-0.39, 0.29) is 11.8 Å². The van der Waals surface area contributed by atoms with E-state index in [4.69, 9.17) is 4.74 Å². The molecule has 27 heavy (non-hydrogen) atoms. The van der Waals surface area contributed by atoms with Gasteiger partial charge in [0.05, 0.1) is 12.3 Å². The molecule has 0 aliphatic carbocycles. The number of nitrogens with zero attached hydrogens (tertiary/aromatic N) is 2. The number of methoxy groups -OCH3 is 1. The van der Waals surface area contributed by atoms with Gasteiger partial charge in [-0.25, -0.2) is 0 Å². The number of amides is 2. The van der Waals surface area contributed by atoms with E-state index >= 15 is 0 Å². The van der Waals surface area contributed by atoms with Crippen molar-refractivity contribution >= 4 is 29.3 Å². The molecule has 0 N–H and O–H groups in total. The number of aryl methyl sites for hydroxylation is 1. The van der Waals surface area contributed by atoms with Gasteiger partial charge in [0.2, 0.25) is 0 Å². The molecular weight excluding hydrogens is 360 g/mol. The summed E-state index contributed by atoms with van der Waals surface area (Å²) < 4.78 is 5.19. The number of hydrogen-bond acceptors (Lipinski definition) is 4. The second-order valence-electron chi connectivity index (χ2n) is 6.78. The number of benzene rings is 2. The van der Waals surface area contributed by atoms with E-state index < -0.39 is 4.87 Å². The molecule has 1 spiro atoms. The Bertz CT molecular complexity index is 883. The second kappa shape index (κ2) is 7.02. The highest BCUT2D eigenvalue weighted by Gasteiger charge is 2.59. The lowest BCUT2D eigenvalue weighted by Crippen LogP contribution is -2.50. The molecule has 1 atom stereocenters. The van der Waals surface area contributed by atoms with Crippen LogP contribution in [0.3, 0.4) is 0 Å². The molecule has 2 aliphatic rings. The van der Waals surface area contributed by atoms with Crippen LogP contribution >= 0.6 is 11.8 Å². The Hall–Kier alpha value is -2.31. The van der Waals surface area contributed by atoms with Crippen LogP contribution in [0.5, 0.6) is 0 Å². The number of ether oxygens (including phenoxy) is 1. The third kappa shape index (κ3) is 2.75. The summed E-state index contributed by atoms with van der Waals surface area (Å²) in [5, 5.41) is 0. The van der Waals surface area contributed by atoms with Gasteiger partial charge in [-0.2, -0.15) is 0 Å². The van der Waals surface area contributed by atoms with E-state index in [2.05, 4.69) is 0 Å². The fraction of sp³-hybridized carbons (Fsp3) is 0.333. The highest BCUT2D eigenvalue weighted by atomic mass is 32.2. The summed E-state index contributed by atoms with van der Waals surface area (Å²) in [6, 6.07) is 15.3. The quantitative estimate of drug-likeness (QED) is 0.816. The molecule has 2 aliphatic heterocycles. The number of rotatable bonds is 4. The molecule has 0 unspecified atom stereocenters. The van der Waals surface area contributed by atoms with Crippen molar-refractivity contribution in [2.24, 2.45) is 0 Å². The van der Waals surface area contributed by atoms with Crippen molar-refractivity contribution in [1.29, 1.82) is 0 Å². The zero-order chi connectivity index (χ0) is 19.0. The van der Waals surface area contributed by atoms with Crippen LogP contribution in [0.25, 0.3) is 0 Å². The molecule has 0 aromatic heterocycles. The predicted octanol–water partition coefficient (Wildman–Crippen LogP) is 3.03. The third-order valence-corrected chi connectivity index (χ3v) is 6.58. The molecule has 2 aromatic carbocycles. The van der Waals surface area contributed by atoms with Gasteiger partial charge in [0.1, 0.15) is 0 Å². The maximum absolute atomic E-state index is 13.5. The van der Waals surface area contributed by atoms with Crippen LogP contribution in [-0.4, -0.2) is 49.3 Å². The summed E-state index contributed by atoms with van der Waals surface area (Å²) in [7, 11) is 1.62. The normalized spacial score (nSPS) is 21.2. The Labute approximate surface area is 163 Å². The molecular formula is C21H22N2O3S. The molecule has 2 amide bonds. The molecule has 2 heterocycles. The summed E-state index contributed by atoms with van der Waals surface area (Å²) in [6.45, 7) is 3.47. The topological polar surface area (TPSA) is 49.9 Å². The molecule has 1 saturated heterocycles. The summed E-state index contributed by atoms with van der Waals surface area (Å²) in [4.78, 5) is 29.4. The lowest BCUT2D eigenvalue weighted by Gasteiger charge is -2.33. The minimum atomic E-state index is -0.980. The summed E-state index contributed by atoms with van der Waals surface area (Å²) in [5.41, 5.74) is 3.48. The number of anilines is 1. The number of para-hydroxylation sites is 1. The Morgan fingerprint density at radius 3 is 2.67 bits per heavy atom. The molecule has 0 radical (unpaired) electrons. The maximum Gasteiger partial charge on any atom is 0.268 e. The van der Waals surface area contributed by atoms with E-state index in [0.717, 1.165) is 22.6 Å². The maximum atomic E-state index is 13.5. The lowest BCUT2D eigenvalue weighted by molar-refractivity contribution is -0.123. The number of carbonyl (C=O) groups excluding carboxylic acids is 2. The van der Waals surface area contributed by atoms with Crippen LogP contribution in [0, 0.1) is 6.92 Å². The van der Waals surface area contributed by atoms with Gasteiger partial charge in [-0.15, -0.1) is 11.8 Å². The van der Waals surface area contributed by atoms with Crippen molar-refractivity contribution in [2.45, 2.75) is 11.8 Å². The van der Waals surface area contributed by atoms with Gasteiger partial charge in [-0.1, -0.05) is 35.9 Å². The molecule has 0 bridgehead atoms. The number of carbonyl (C=O) groups is 2. The van der Waals surface area contributed by atoms with Crippen molar-refractivity contribution in [3.63, 3.8) is 0 Å². The largest absolute Gasteiger partial charge is 0.383 e. The monoisotopic (exact) mass is 382 g/mol. The minimum Gasteiger partial charge on any atom is -0.383 e. The van der Waals surface area contributed by atoms with Gasteiger partial charge < -0.3 is 14.5 Å². The Kier molecular flexibility index (Phi) is 4.70. The average molecular weight is 382 g/mol. The zero-order valence-electron chi connectivity index (χ0n) is 15.5. The Morgan fingerprint density at radius 2 is 1.93 bits per heavy atom. The Balaban J connectivity index is 1.77. The first-order valence-electron chi connectivity index (χ1n) is 9.02. The molecule has 4 rings (SSSR count). The summed E-state index contributed by atoms with van der Waals surface area (Å²) in [5.74, 6) is 0.580. The van der Waals surface area contributed by atoms with Crippen molar-refractivity contribution in [3.05, 3.63) is 65.2 Å². The van der Waals surface area contributed by atoms with Crippen LogP contribution in [0.4, 0.5) is 5.69 Å². The lowest BCUT2D eigenvalue weighted by atomic mass is 10.0. The number of hydrogen-bond donors (Lipinski definition) is 0. The zero-order valence-corrected chi connectivity index (χ0v) is 16.3. The average Bonchev–Trinajstić information content (AvgIpc) is 3.23. The van der Waals surface area contributed by atoms with Crippen LogP contribution < -0.4 is 4.90 Å². The second-order valence-corrected chi connectivity index (χ2v) is 8.07. The molecule has 6 heteroatoms. The van der Waals surface area contributed by atoms with E-state index in [1.54, 1.807) is 28.7 Å². The summed E-state index contributed by atoms with van der Waals surface area (Å²) >= 11 is 1.55. The summed E-state index contributed by atoms with van der Waals surface area (Å²) in [6.07, 6.45) is 0. The van der Waals surface area contributed by atoms with E-state index in [9.17, 15) is 9.59 Å². The molecule has 2 aromatic rings. The number of fused-ring (bicyclic) bond motifs is 2. The van der Waals surface area contributed by atoms with Crippen molar-refractivity contribution < 1.29 is 14.3 Å². The van der Waals surface area contributed by atoms with Gasteiger partial charge in [0, 0.05) is 37.1 Å². The van der Waals surface area contributed by atoms with E-state index in [1.165, 1.54) is 0 Å². The first-order valence-corrected chi connectivity index (χ1v) is 10.0. The molecule has 1 fully saturated rings. The smallest absolute Gasteiger partial charge is 0.268 e. The minimum absolute atomic E-state index is 0.0521. The van der Waals surface area contributed by atoms with E-state index in [1.807, 2.05) is 55.5 Å². The fourth-order valence-electron chi connectivity index (χ4n) is 3.82. The Morgan fingerprint density at radius 1 is 1.19 bits per heavy atom. The predicted molar refractivity (Wildman–Crippen MR) is 107 cm³/mol. The van der Waals surface area contributed by atoms with Gasteiger partial charge in [-0.3, -0.25) is 9.59 Å². The van der Waals surface area contributed by atoms with E-state index in [0.29, 0.717) is 25.3 Å². The van der Waals surface area contributed by atoms with Gasteiger partial charge in [-0.05, 0) is 25.1 Å². The van der Waals surface area contributed by atoms with Crippen molar-refractivity contribution in [1.82, 2.24) is 4.90 Å². The van der Waals surface area contributed by atoms with Gasteiger partial charge >= 0.3 is 0 Å². The SMILES string of the molecule is COCCN1C(=O)[C@@]2(SCCN2C(=O)c2ccc(C)cc2)c2ccccc21. The van der Waals surface area contributed by atoms with Crippen LogP contribution in [-0.2, 0) is 14.4 Å².